The minimum Gasteiger partial charge on any atom is -0.461 e. The summed E-state index contributed by atoms with van der Waals surface area (Å²) >= 11 is 1.32. The molecule has 27 heavy (non-hydrogen) atoms. The highest BCUT2D eigenvalue weighted by molar-refractivity contribution is 7.99. The van der Waals surface area contributed by atoms with Crippen LogP contribution >= 0.6 is 11.8 Å². The molecule has 0 saturated carbocycles. The number of ketones is 1. The third-order valence-electron chi connectivity index (χ3n) is 3.91. The van der Waals surface area contributed by atoms with Crippen LogP contribution < -0.4 is 5.32 Å². The van der Waals surface area contributed by atoms with Crippen LogP contribution in [0.4, 0.5) is 5.69 Å². The molecule has 0 atom stereocenters. The first-order valence-electron chi connectivity index (χ1n) is 8.46. The molecule has 1 amide bonds. The molecule has 2 heterocycles. The van der Waals surface area contributed by atoms with Crippen molar-refractivity contribution in [2.24, 2.45) is 13.0 Å². The Bertz CT molecular complexity index is 931. The molecule has 140 valence electrons. The van der Waals surface area contributed by atoms with Gasteiger partial charge in [-0.1, -0.05) is 25.6 Å². The lowest BCUT2D eigenvalue weighted by Crippen LogP contribution is -2.17. The Hall–Kier alpha value is -2.87. The molecular weight excluding hydrogens is 364 g/mol. The Morgan fingerprint density at radius 3 is 2.56 bits per heavy atom. The SMILES string of the molecule is CC(C)C(=O)Nc1ccc(C(=O)CSc2nnc(-c3ccco3)n2C)cc1. The predicted octanol–water partition coefficient (Wildman–Crippen LogP) is 3.64. The van der Waals surface area contributed by atoms with Crippen LogP contribution in [-0.2, 0) is 11.8 Å². The number of hydrogen-bond donors (Lipinski definition) is 1. The molecule has 1 N–H and O–H groups in total. The first-order chi connectivity index (χ1) is 13.0. The number of furan rings is 1. The number of carbonyl (C=O) groups excluding carboxylic acids is 2. The number of nitrogens with zero attached hydrogens (tertiary/aromatic N) is 3. The van der Waals surface area contributed by atoms with Gasteiger partial charge >= 0.3 is 0 Å². The summed E-state index contributed by atoms with van der Waals surface area (Å²) in [6.07, 6.45) is 1.58. The van der Waals surface area contributed by atoms with Crippen LogP contribution in [0.15, 0.2) is 52.2 Å². The number of anilines is 1. The van der Waals surface area contributed by atoms with Gasteiger partial charge in [0.15, 0.2) is 22.5 Å². The zero-order chi connectivity index (χ0) is 19.4. The fourth-order valence-electron chi connectivity index (χ4n) is 2.30. The summed E-state index contributed by atoms with van der Waals surface area (Å²) < 4.78 is 7.13. The minimum absolute atomic E-state index is 0.0238. The second kappa shape index (κ2) is 8.22. The van der Waals surface area contributed by atoms with Gasteiger partial charge in [0.2, 0.25) is 5.91 Å². The molecule has 0 unspecified atom stereocenters. The average Bonchev–Trinajstić information content (AvgIpc) is 3.30. The molecule has 0 fully saturated rings. The summed E-state index contributed by atoms with van der Waals surface area (Å²) in [7, 11) is 1.83. The van der Waals surface area contributed by atoms with Gasteiger partial charge in [0.05, 0.1) is 12.0 Å². The molecule has 7 nitrogen and oxygen atoms in total. The van der Waals surface area contributed by atoms with Crippen molar-refractivity contribution in [2.75, 3.05) is 11.1 Å². The van der Waals surface area contributed by atoms with Gasteiger partial charge in [-0.25, -0.2) is 0 Å². The lowest BCUT2D eigenvalue weighted by molar-refractivity contribution is -0.118. The zero-order valence-corrected chi connectivity index (χ0v) is 16.1. The molecule has 0 bridgehead atoms. The van der Waals surface area contributed by atoms with Crippen molar-refractivity contribution in [1.82, 2.24) is 14.8 Å². The van der Waals surface area contributed by atoms with E-state index in [2.05, 4.69) is 15.5 Å². The van der Waals surface area contributed by atoms with E-state index >= 15 is 0 Å². The van der Waals surface area contributed by atoms with Crippen molar-refractivity contribution < 1.29 is 14.0 Å². The highest BCUT2D eigenvalue weighted by Crippen LogP contribution is 2.23. The molecule has 0 spiro atoms. The van der Waals surface area contributed by atoms with E-state index in [1.165, 1.54) is 11.8 Å². The van der Waals surface area contributed by atoms with E-state index in [-0.39, 0.29) is 23.4 Å². The van der Waals surface area contributed by atoms with Crippen LogP contribution in [0.1, 0.15) is 24.2 Å². The maximum atomic E-state index is 12.4. The van der Waals surface area contributed by atoms with Crippen molar-refractivity contribution in [3.63, 3.8) is 0 Å². The summed E-state index contributed by atoms with van der Waals surface area (Å²) in [6, 6.07) is 10.5. The molecule has 0 aliphatic heterocycles. The predicted molar refractivity (Wildman–Crippen MR) is 104 cm³/mol. The number of nitrogens with one attached hydrogen (secondary N) is 1. The third kappa shape index (κ3) is 4.46. The summed E-state index contributed by atoms with van der Waals surface area (Å²) in [5.41, 5.74) is 1.26. The minimum atomic E-state index is -0.0971. The van der Waals surface area contributed by atoms with Gasteiger partial charge in [-0.2, -0.15) is 0 Å². The summed E-state index contributed by atoms with van der Waals surface area (Å²) in [4.78, 5) is 24.1. The van der Waals surface area contributed by atoms with Crippen molar-refractivity contribution in [1.29, 1.82) is 0 Å². The monoisotopic (exact) mass is 384 g/mol. The van der Waals surface area contributed by atoms with Crippen molar-refractivity contribution in [3.05, 3.63) is 48.2 Å². The molecule has 0 aliphatic carbocycles. The standard InChI is InChI=1S/C19H20N4O3S/c1-12(2)18(25)20-14-8-6-13(7-9-14)15(24)11-27-19-22-21-17(23(19)3)16-5-4-10-26-16/h4-10,12H,11H2,1-3H3,(H,20,25). The Labute approximate surface area is 161 Å². The fourth-order valence-corrected chi connectivity index (χ4v) is 3.11. The van der Waals surface area contributed by atoms with E-state index in [0.29, 0.717) is 28.0 Å². The molecule has 0 radical (unpaired) electrons. The second-order valence-corrected chi connectivity index (χ2v) is 7.22. The zero-order valence-electron chi connectivity index (χ0n) is 15.3. The topological polar surface area (TPSA) is 90.0 Å². The lowest BCUT2D eigenvalue weighted by Gasteiger charge is -2.08. The fraction of sp³-hybridized carbons (Fsp3) is 0.263. The van der Waals surface area contributed by atoms with E-state index < -0.39 is 0 Å². The summed E-state index contributed by atoms with van der Waals surface area (Å²) in [6.45, 7) is 3.66. The van der Waals surface area contributed by atoms with Gasteiger partial charge in [0.1, 0.15) is 0 Å². The number of rotatable bonds is 7. The molecule has 1 aromatic carbocycles. The van der Waals surface area contributed by atoms with E-state index in [1.807, 2.05) is 27.0 Å². The maximum Gasteiger partial charge on any atom is 0.226 e. The summed E-state index contributed by atoms with van der Waals surface area (Å²) in [5.74, 6) is 1.30. The number of thioether (sulfide) groups is 1. The van der Waals surface area contributed by atoms with Crippen LogP contribution in [0.25, 0.3) is 11.6 Å². The van der Waals surface area contributed by atoms with Crippen molar-refractivity contribution in [3.8, 4) is 11.6 Å². The average molecular weight is 384 g/mol. The van der Waals surface area contributed by atoms with Crippen molar-refractivity contribution >= 4 is 29.1 Å². The van der Waals surface area contributed by atoms with Gasteiger partial charge in [-0.3, -0.25) is 9.59 Å². The molecule has 3 rings (SSSR count). The van der Waals surface area contributed by atoms with E-state index in [0.717, 1.165) is 0 Å². The molecular formula is C19H20N4O3S. The van der Waals surface area contributed by atoms with Gasteiger partial charge in [-0.15, -0.1) is 10.2 Å². The molecule has 3 aromatic rings. The summed E-state index contributed by atoms with van der Waals surface area (Å²) in [5, 5.41) is 11.7. The molecule has 0 saturated heterocycles. The van der Waals surface area contributed by atoms with Gasteiger partial charge in [0, 0.05) is 24.2 Å². The Kier molecular flexibility index (Phi) is 5.75. The van der Waals surface area contributed by atoms with E-state index in [4.69, 9.17) is 4.42 Å². The van der Waals surface area contributed by atoms with E-state index in [1.54, 1.807) is 41.2 Å². The van der Waals surface area contributed by atoms with Crippen LogP contribution in [0, 0.1) is 5.92 Å². The third-order valence-corrected chi connectivity index (χ3v) is 4.93. The van der Waals surface area contributed by atoms with Crippen LogP contribution in [-0.4, -0.2) is 32.2 Å². The highest BCUT2D eigenvalue weighted by atomic mass is 32.2. The normalized spacial score (nSPS) is 11.0. The number of amides is 1. The quantitative estimate of drug-likeness (QED) is 0.494. The molecule has 2 aromatic heterocycles. The first kappa shape index (κ1) is 18.9. The molecule has 0 aliphatic rings. The number of Topliss-reactive ketones (excluding diaryl/α,β-unsaturated/α-hetero) is 1. The highest BCUT2D eigenvalue weighted by Gasteiger charge is 2.15. The van der Waals surface area contributed by atoms with Crippen LogP contribution in [0.2, 0.25) is 0 Å². The Morgan fingerprint density at radius 1 is 1.19 bits per heavy atom. The van der Waals surface area contributed by atoms with Crippen LogP contribution in [0.5, 0.6) is 0 Å². The van der Waals surface area contributed by atoms with Gasteiger partial charge in [-0.05, 0) is 36.4 Å². The second-order valence-electron chi connectivity index (χ2n) is 6.28. The Balaban J connectivity index is 1.60. The number of aromatic nitrogens is 3. The van der Waals surface area contributed by atoms with Gasteiger partial charge < -0.3 is 14.3 Å². The van der Waals surface area contributed by atoms with E-state index in [9.17, 15) is 9.59 Å². The van der Waals surface area contributed by atoms with Crippen molar-refractivity contribution in [2.45, 2.75) is 19.0 Å². The molecule has 8 heteroatoms. The lowest BCUT2D eigenvalue weighted by atomic mass is 10.1. The smallest absolute Gasteiger partial charge is 0.226 e. The Morgan fingerprint density at radius 2 is 1.93 bits per heavy atom. The largest absolute Gasteiger partial charge is 0.461 e. The number of hydrogen-bond acceptors (Lipinski definition) is 6. The van der Waals surface area contributed by atoms with Gasteiger partial charge in [0.25, 0.3) is 0 Å². The van der Waals surface area contributed by atoms with Crippen LogP contribution in [0.3, 0.4) is 0 Å². The number of benzene rings is 1. The maximum absolute atomic E-state index is 12.4. The first-order valence-corrected chi connectivity index (χ1v) is 9.44. The number of carbonyl (C=O) groups is 2.